The van der Waals surface area contributed by atoms with Crippen molar-refractivity contribution in [2.75, 3.05) is 31.1 Å². The van der Waals surface area contributed by atoms with E-state index in [2.05, 4.69) is 19.9 Å². The van der Waals surface area contributed by atoms with E-state index in [1.807, 2.05) is 24.3 Å². The standard InChI is InChI=1S/C20H18ClF3N4O/c21-16-6-1-2-7-17(16)28-10-8-27(9-11-28)13-18-25-19(26-29-18)14-4-3-5-15(12-14)20(22,23)24/h1-7,12H,8-11,13H2. The number of benzene rings is 2. The molecule has 0 unspecified atom stereocenters. The molecule has 1 aliphatic rings. The van der Waals surface area contributed by atoms with E-state index < -0.39 is 11.7 Å². The molecule has 29 heavy (non-hydrogen) atoms. The first kappa shape index (κ1) is 19.7. The molecule has 4 rings (SSSR count). The molecule has 0 atom stereocenters. The Hall–Kier alpha value is -2.58. The fraction of sp³-hybridized carbons (Fsp3) is 0.300. The zero-order chi connectivity index (χ0) is 20.4. The number of aromatic nitrogens is 2. The van der Waals surface area contributed by atoms with Crippen LogP contribution in [0.1, 0.15) is 11.5 Å². The monoisotopic (exact) mass is 422 g/mol. The number of piperazine rings is 1. The highest BCUT2D eigenvalue weighted by molar-refractivity contribution is 6.33. The quantitative estimate of drug-likeness (QED) is 0.608. The maximum Gasteiger partial charge on any atom is 0.416 e. The van der Waals surface area contributed by atoms with Gasteiger partial charge in [-0.05, 0) is 24.3 Å². The lowest BCUT2D eigenvalue weighted by Gasteiger charge is -2.35. The van der Waals surface area contributed by atoms with Crippen LogP contribution in [0.3, 0.4) is 0 Å². The van der Waals surface area contributed by atoms with Gasteiger partial charge in [-0.1, -0.05) is 41.0 Å². The molecular formula is C20H18ClF3N4O. The highest BCUT2D eigenvalue weighted by Gasteiger charge is 2.31. The Balaban J connectivity index is 1.39. The van der Waals surface area contributed by atoms with Crippen LogP contribution in [0.15, 0.2) is 53.1 Å². The Bertz CT molecular complexity index is 984. The fourth-order valence-corrected chi connectivity index (χ4v) is 3.57. The number of para-hydroxylation sites is 1. The van der Waals surface area contributed by atoms with Crippen molar-refractivity contribution >= 4 is 17.3 Å². The van der Waals surface area contributed by atoms with Crippen LogP contribution >= 0.6 is 11.6 Å². The highest BCUT2D eigenvalue weighted by Crippen LogP contribution is 2.31. The molecule has 0 spiro atoms. The van der Waals surface area contributed by atoms with Gasteiger partial charge in [-0.2, -0.15) is 18.2 Å². The Morgan fingerprint density at radius 2 is 1.76 bits per heavy atom. The lowest BCUT2D eigenvalue weighted by atomic mass is 10.1. The van der Waals surface area contributed by atoms with Crippen LogP contribution in [0, 0.1) is 0 Å². The minimum Gasteiger partial charge on any atom is -0.368 e. The van der Waals surface area contributed by atoms with Gasteiger partial charge in [-0.15, -0.1) is 0 Å². The van der Waals surface area contributed by atoms with Crippen LogP contribution in [-0.4, -0.2) is 41.2 Å². The molecule has 0 radical (unpaired) electrons. The summed E-state index contributed by atoms with van der Waals surface area (Å²) in [6.45, 7) is 3.62. The van der Waals surface area contributed by atoms with Crippen molar-refractivity contribution in [3.63, 3.8) is 0 Å². The van der Waals surface area contributed by atoms with Crippen molar-refractivity contribution in [3.05, 3.63) is 65.0 Å². The fourth-order valence-electron chi connectivity index (χ4n) is 3.32. The lowest BCUT2D eigenvalue weighted by molar-refractivity contribution is -0.137. The topological polar surface area (TPSA) is 45.4 Å². The number of anilines is 1. The Kier molecular flexibility index (Phi) is 5.47. The van der Waals surface area contributed by atoms with Gasteiger partial charge >= 0.3 is 6.18 Å². The predicted octanol–water partition coefficient (Wildman–Crippen LogP) is 4.73. The van der Waals surface area contributed by atoms with E-state index in [4.69, 9.17) is 16.1 Å². The van der Waals surface area contributed by atoms with E-state index in [0.29, 0.717) is 12.4 Å². The number of hydrogen-bond donors (Lipinski definition) is 0. The van der Waals surface area contributed by atoms with Crippen molar-refractivity contribution in [2.45, 2.75) is 12.7 Å². The SMILES string of the molecule is FC(F)(F)c1cccc(-c2noc(CN3CCN(c4ccccc4Cl)CC3)n2)c1. The maximum atomic E-state index is 12.9. The summed E-state index contributed by atoms with van der Waals surface area (Å²) in [5.41, 5.74) is 0.550. The van der Waals surface area contributed by atoms with E-state index in [1.54, 1.807) is 0 Å². The Morgan fingerprint density at radius 3 is 2.48 bits per heavy atom. The van der Waals surface area contributed by atoms with Gasteiger partial charge in [0.25, 0.3) is 0 Å². The first-order valence-corrected chi connectivity index (χ1v) is 9.50. The van der Waals surface area contributed by atoms with Crippen molar-refractivity contribution < 1.29 is 17.7 Å². The minimum atomic E-state index is -4.41. The number of hydrogen-bond acceptors (Lipinski definition) is 5. The zero-order valence-electron chi connectivity index (χ0n) is 15.4. The van der Waals surface area contributed by atoms with Crippen LogP contribution in [0.4, 0.5) is 18.9 Å². The van der Waals surface area contributed by atoms with E-state index in [1.165, 1.54) is 12.1 Å². The van der Waals surface area contributed by atoms with Gasteiger partial charge in [0.05, 0.1) is 22.8 Å². The summed E-state index contributed by atoms with van der Waals surface area (Å²) in [4.78, 5) is 8.65. The third kappa shape index (κ3) is 4.54. The van der Waals surface area contributed by atoms with Crippen molar-refractivity contribution in [1.82, 2.24) is 15.0 Å². The summed E-state index contributed by atoms with van der Waals surface area (Å²) in [5, 5.41) is 4.57. The molecule has 1 fully saturated rings. The first-order chi connectivity index (χ1) is 13.9. The minimum absolute atomic E-state index is 0.154. The zero-order valence-corrected chi connectivity index (χ0v) is 16.1. The van der Waals surface area contributed by atoms with E-state index >= 15 is 0 Å². The number of halogens is 4. The molecule has 3 aromatic rings. The van der Waals surface area contributed by atoms with E-state index in [0.717, 1.165) is 49.0 Å². The number of nitrogens with zero attached hydrogens (tertiary/aromatic N) is 4. The third-order valence-electron chi connectivity index (χ3n) is 4.84. The third-order valence-corrected chi connectivity index (χ3v) is 5.16. The summed E-state index contributed by atoms with van der Waals surface area (Å²) >= 11 is 6.27. The van der Waals surface area contributed by atoms with Crippen LogP contribution in [0.2, 0.25) is 5.02 Å². The first-order valence-electron chi connectivity index (χ1n) is 9.12. The summed E-state index contributed by atoms with van der Waals surface area (Å²) in [6.07, 6.45) is -4.41. The molecular weight excluding hydrogens is 405 g/mol. The van der Waals surface area contributed by atoms with E-state index in [-0.39, 0.29) is 11.4 Å². The predicted molar refractivity (Wildman–Crippen MR) is 104 cm³/mol. The number of alkyl halides is 3. The molecule has 2 aromatic carbocycles. The summed E-state index contributed by atoms with van der Waals surface area (Å²) in [6, 6.07) is 12.6. The van der Waals surface area contributed by atoms with Crippen LogP contribution < -0.4 is 4.90 Å². The summed E-state index contributed by atoms with van der Waals surface area (Å²) < 4.78 is 43.9. The summed E-state index contributed by atoms with van der Waals surface area (Å²) in [5.74, 6) is 0.532. The normalized spacial score (nSPS) is 15.7. The average molecular weight is 423 g/mol. The van der Waals surface area contributed by atoms with Crippen LogP contribution in [-0.2, 0) is 12.7 Å². The van der Waals surface area contributed by atoms with Gasteiger partial charge in [0.15, 0.2) is 0 Å². The smallest absolute Gasteiger partial charge is 0.368 e. The number of rotatable bonds is 4. The summed E-state index contributed by atoms with van der Waals surface area (Å²) in [7, 11) is 0. The molecule has 0 N–H and O–H groups in total. The van der Waals surface area contributed by atoms with E-state index in [9.17, 15) is 13.2 Å². The molecule has 2 heterocycles. The van der Waals surface area contributed by atoms with Crippen molar-refractivity contribution in [1.29, 1.82) is 0 Å². The molecule has 0 bridgehead atoms. The van der Waals surface area contributed by atoms with Crippen molar-refractivity contribution in [3.8, 4) is 11.4 Å². The van der Waals surface area contributed by atoms with Gasteiger partial charge < -0.3 is 9.42 Å². The molecule has 1 aliphatic heterocycles. The van der Waals surface area contributed by atoms with Gasteiger partial charge in [-0.3, -0.25) is 4.90 Å². The largest absolute Gasteiger partial charge is 0.416 e. The molecule has 1 saturated heterocycles. The van der Waals surface area contributed by atoms with Gasteiger partial charge in [0.2, 0.25) is 11.7 Å². The maximum absolute atomic E-state index is 12.9. The van der Waals surface area contributed by atoms with Crippen LogP contribution in [0.25, 0.3) is 11.4 Å². The molecule has 0 aliphatic carbocycles. The molecule has 1 aromatic heterocycles. The Morgan fingerprint density at radius 1 is 1.00 bits per heavy atom. The average Bonchev–Trinajstić information content (AvgIpc) is 3.17. The van der Waals surface area contributed by atoms with Crippen molar-refractivity contribution in [2.24, 2.45) is 0 Å². The molecule has 0 amide bonds. The van der Waals surface area contributed by atoms with Gasteiger partial charge in [-0.25, -0.2) is 0 Å². The highest BCUT2D eigenvalue weighted by atomic mass is 35.5. The lowest BCUT2D eigenvalue weighted by Crippen LogP contribution is -2.46. The second kappa shape index (κ2) is 8.04. The second-order valence-electron chi connectivity index (χ2n) is 6.80. The molecule has 5 nitrogen and oxygen atoms in total. The molecule has 152 valence electrons. The Labute approximate surface area is 170 Å². The molecule has 0 saturated carbocycles. The van der Waals surface area contributed by atoms with Gasteiger partial charge in [0.1, 0.15) is 0 Å². The van der Waals surface area contributed by atoms with Gasteiger partial charge in [0, 0.05) is 31.7 Å². The van der Waals surface area contributed by atoms with Crippen LogP contribution in [0.5, 0.6) is 0 Å². The second-order valence-corrected chi connectivity index (χ2v) is 7.21. The molecule has 9 heteroatoms.